The summed E-state index contributed by atoms with van der Waals surface area (Å²) < 4.78 is 1.14. The van der Waals surface area contributed by atoms with E-state index in [0.29, 0.717) is 5.56 Å². The van der Waals surface area contributed by atoms with Crippen molar-refractivity contribution in [3.05, 3.63) is 47.9 Å². The smallest absolute Gasteiger partial charge is 0.280 e. The molecule has 6 heteroatoms. The van der Waals surface area contributed by atoms with E-state index in [-0.39, 0.29) is 11.9 Å². The third-order valence-corrected chi connectivity index (χ3v) is 2.79. The first kappa shape index (κ1) is 11.3. The second-order valence-electron chi connectivity index (χ2n) is 4.18. The van der Waals surface area contributed by atoms with Crippen molar-refractivity contribution in [2.24, 2.45) is 0 Å². The zero-order chi connectivity index (χ0) is 13.4. The van der Waals surface area contributed by atoms with Crippen molar-refractivity contribution in [3.8, 4) is 0 Å². The monoisotopic (exact) mass is 253 g/mol. The van der Waals surface area contributed by atoms with Gasteiger partial charge in [0.2, 0.25) is 5.95 Å². The molecule has 6 nitrogen and oxygen atoms in total. The largest absolute Gasteiger partial charge is 0.366 e. The molecule has 0 atom stereocenters. The Kier molecular flexibility index (Phi) is 2.49. The van der Waals surface area contributed by atoms with Gasteiger partial charge >= 0.3 is 0 Å². The van der Waals surface area contributed by atoms with E-state index in [1.807, 2.05) is 31.2 Å². The molecule has 0 bridgehead atoms. The number of fused-ring (bicyclic) bond motifs is 1. The highest BCUT2D eigenvalue weighted by molar-refractivity contribution is 6.06. The van der Waals surface area contributed by atoms with Gasteiger partial charge < -0.3 is 5.73 Å². The van der Waals surface area contributed by atoms with E-state index in [1.165, 1.54) is 6.33 Å². The zero-order valence-corrected chi connectivity index (χ0v) is 10.2. The lowest BCUT2D eigenvalue weighted by Gasteiger charge is -2.06. The average Bonchev–Trinajstić information content (AvgIpc) is 2.83. The van der Waals surface area contributed by atoms with E-state index >= 15 is 0 Å². The summed E-state index contributed by atoms with van der Waals surface area (Å²) in [6.07, 6.45) is 1.31. The predicted octanol–water partition coefficient (Wildman–Crippen LogP) is 1.41. The molecule has 0 amide bonds. The Balaban J connectivity index is 2.22. The lowest BCUT2D eigenvalue weighted by atomic mass is 10.1. The molecule has 2 aromatic heterocycles. The number of hydrogen-bond donors (Lipinski definition) is 1. The second kappa shape index (κ2) is 4.16. The number of rotatable bonds is 1. The minimum absolute atomic E-state index is 0.0726. The number of carbonyl (C=O) groups excluding carboxylic acids is 1. The number of anilines is 1. The number of hydrogen-bond acceptors (Lipinski definition) is 5. The fourth-order valence-corrected chi connectivity index (χ4v) is 1.98. The van der Waals surface area contributed by atoms with Gasteiger partial charge in [0.05, 0.1) is 11.1 Å². The fraction of sp³-hybridized carbons (Fsp3) is 0.0769. The van der Waals surface area contributed by atoms with Gasteiger partial charge in [0.1, 0.15) is 6.33 Å². The van der Waals surface area contributed by atoms with Crippen LogP contribution in [0.5, 0.6) is 0 Å². The Labute approximate surface area is 108 Å². The van der Waals surface area contributed by atoms with Crippen LogP contribution in [0.1, 0.15) is 16.1 Å². The van der Waals surface area contributed by atoms with Crippen LogP contribution >= 0.6 is 0 Å². The highest BCUT2D eigenvalue weighted by Gasteiger charge is 2.15. The normalized spacial score (nSPS) is 10.8. The van der Waals surface area contributed by atoms with Gasteiger partial charge in [0.15, 0.2) is 0 Å². The molecule has 0 aliphatic heterocycles. The number of pyridine rings is 1. The first-order valence-electron chi connectivity index (χ1n) is 5.73. The molecule has 3 aromatic rings. The second-order valence-corrected chi connectivity index (χ2v) is 4.18. The Morgan fingerprint density at radius 1 is 1.32 bits per heavy atom. The number of aryl methyl sites for hydroxylation is 1. The van der Waals surface area contributed by atoms with Crippen LogP contribution in [0, 0.1) is 6.92 Å². The molecule has 0 aliphatic carbocycles. The predicted molar refractivity (Wildman–Crippen MR) is 70.6 cm³/mol. The van der Waals surface area contributed by atoms with Gasteiger partial charge in [-0.15, -0.1) is 5.10 Å². The minimum Gasteiger partial charge on any atom is -0.366 e. The van der Waals surface area contributed by atoms with Gasteiger partial charge in [-0.1, -0.05) is 18.2 Å². The van der Waals surface area contributed by atoms with Crippen molar-refractivity contribution in [2.45, 2.75) is 6.92 Å². The Morgan fingerprint density at radius 2 is 2.11 bits per heavy atom. The van der Waals surface area contributed by atoms with Crippen molar-refractivity contribution < 1.29 is 4.79 Å². The van der Waals surface area contributed by atoms with Gasteiger partial charge in [0.25, 0.3) is 5.91 Å². The number of para-hydroxylation sites is 1. The standard InChI is InChI=1S/C13H11N5O/c1-8-6-10(9-4-2-3-5-11(9)16-8)12(19)18-7-15-13(14)17-18/h2-7H,1H3,(H2,14,17). The topological polar surface area (TPSA) is 86.7 Å². The van der Waals surface area contributed by atoms with Crippen LogP contribution in [0.25, 0.3) is 10.9 Å². The number of aromatic nitrogens is 4. The minimum atomic E-state index is -0.272. The SMILES string of the molecule is Cc1cc(C(=O)n2cnc(N)n2)c2ccccc2n1. The van der Waals surface area contributed by atoms with Crippen LogP contribution in [0.4, 0.5) is 5.95 Å². The summed E-state index contributed by atoms with van der Waals surface area (Å²) in [4.78, 5) is 20.6. The summed E-state index contributed by atoms with van der Waals surface area (Å²) in [7, 11) is 0. The first-order chi connectivity index (χ1) is 9.15. The number of nitrogens with zero attached hydrogens (tertiary/aromatic N) is 4. The summed E-state index contributed by atoms with van der Waals surface area (Å²) in [6.45, 7) is 1.85. The van der Waals surface area contributed by atoms with E-state index in [2.05, 4.69) is 15.1 Å². The fourth-order valence-electron chi connectivity index (χ4n) is 1.98. The number of carbonyl (C=O) groups is 1. The van der Waals surface area contributed by atoms with Crippen LogP contribution in [-0.2, 0) is 0 Å². The van der Waals surface area contributed by atoms with Gasteiger partial charge in [-0.25, -0.2) is 4.98 Å². The molecule has 0 radical (unpaired) electrons. The molecule has 19 heavy (non-hydrogen) atoms. The summed E-state index contributed by atoms with van der Waals surface area (Å²) in [5.74, 6) is -0.200. The molecule has 2 heterocycles. The molecule has 0 saturated carbocycles. The van der Waals surface area contributed by atoms with E-state index in [9.17, 15) is 4.79 Å². The highest BCUT2D eigenvalue weighted by atomic mass is 16.2. The Hall–Kier alpha value is -2.76. The lowest BCUT2D eigenvalue weighted by Crippen LogP contribution is -2.14. The van der Waals surface area contributed by atoms with Crippen molar-refractivity contribution >= 4 is 22.8 Å². The molecule has 0 aliphatic rings. The maximum Gasteiger partial charge on any atom is 0.280 e. The van der Waals surface area contributed by atoms with Crippen LogP contribution in [0.2, 0.25) is 0 Å². The van der Waals surface area contributed by atoms with Crippen LogP contribution in [0.15, 0.2) is 36.7 Å². The van der Waals surface area contributed by atoms with E-state index in [1.54, 1.807) is 6.07 Å². The van der Waals surface area contributed by atoms with Gasteiger partial charge in [0, 0.05) is 11.1 Å². The van der Waals surface area contributed by atoms with Crippen molar-refractivity contribution in [2.75, 3.05) is 5.73 Å². The third kappa shape index (κ3) is 1.93. The molecule has 0 unspecified atom stereocenters. The van der Waals surface area contributed by atoms with Crippen LogP contribution in [0.3, 0.4) is 0 Å². The Morgan fingerprint density at radius 3 is 2.84 bits per heavy atom. The molecule has 1 aromatic carbocycles. The van der Waals surface area contributed by atoms with Gasteiger partial charge in [-0.2, -0.15) is 4.68 Å². The molecule has 0 spiro atoms. The molecular formula is C13H11N5O. The number of nitrogens with two attached hydrogens (primary N) is 1. The Bertz CT molecular complexity index is 778. The zero-order valence-electron chi connectivity index (χ0n) is 10.2. The number of nitrogen functional groups attached to an aromatic ring is 1. The van der Waals surface area contributed by atoms with E-state index < -0.39 is 0 Å². The molecule has 3 rings (SSSR count). The van der Waals surface area contributed by atoms with Gasteiger partial charge in [-0.3, -0.25) is 9.78 Å². The quantitative estimate of drug-likeness (QED) is 0.708. The molecule has 2 N–H and O–H groups in total. The summed E-state index contributed by atoms with van der Waals surface area (Å²) in [6, 6.07) is 9.22. The van der Waals surface area contributed by atoms with Crippen molar-refractivity contribution in [1.82, 2.24) is 19.7 Å². The maximum absolute atomic E-state index is 12.4. The van der Waals surface area contributed by atoms with Crippen LogP contribution in [-0.4, -0.2) is 25.7 Å². The first-order valence-corrected chi connectivity index (χ1v) is 5.73. The highest BCUT2D eigenvalue weighted by Crippen LogP contribution is 2.19. The van der Waals surface area contributed by atoms with Gasteiger partial charge in [-0.05, 0) is 19.1 Å². The average molecular weight is 253 g/mol. The van der Waals surface area contributed by atoms with Crippen molar-refractivity contribution in [3.63, 3.8) is 0 Å². The molecule has 0 saturated heterocycles. The maximum atomic E-state index is 12.4. The van der Waals surface area contributed by atoms with Crippen molar-refractivity contribution in [1.29, 1.82) is 0 Å². The number of benzene rings is 1. The van der Waals surface area contributed by atoms with E-state index in [4.69, 9.17) is 5.73 Å². The molecular weight excluding hydrogens is 242 g/mol. The van der Waals surface area contributed by atoms with E-state index in [0.717, 1.165) is 21.3 Å². The summed E-state index contributed by atoms with van der Waals surface area (Å²) in [5, 5.41) is 4.62. The van der Waals surface area contributed by atoms with Crippen LogP contribution < -0.4 is 5.73 Å². The lowest BCUT2D eigenvalue weighted by molar-refractivity contribution is 0.0946. The summed E-state index contributed by atoms with van der Waals surface area (Å²) >= 11 is 0. The molecule has 0 fully saturated rings. The molecule has 94 valence electrons. The summed E-state index contributed by atoms with van der Waals surface area (Å²) in [5.41, 5.74) is 7.51. The third-order valence-electron chi connectivity index (χ3n) is 2.79.